The lowest BCUT2D eigenvalue weighted by molar-refractivity contribution is 0.118. The molecule has 0 bridgehead atoms. The fraction of sp³-hybridized carbons (Fsp3) is 0.636. The molecule has 4 nitrogen and oxygen atoms in total. The van der Waals surface area contributed by atoms with E-state index in [1.54, 1.807) is 6.07 Å². The average Bonchev–Trinajstić information content (AvgIpc) is 2.27. The third kappa shape index (κ3) is 6.10. The van der Waals surface area contributed by atoms with Crippen molar-refractivity contribution >= 4 is 29.2 Å². The molecule has 0 aliphatic heterocycles. The van der Waals surface area contributed by atoms with Crippen LogP contribution in [0.5, 0.6) is 0 Å². The highest BCUT2D eigenvalue weighted by Gasteiger charge is 2.01. The molecular weight excluding hydrogens is 258 g/mol. The Morgan fingerprint density at radius 2 is 2.24 bits per heavy atom. The van der Waals surface area contributed by atoms with Crippen molar-refractivity contribution in [1.29, 1.82) is 0 Å². The average molecular weight is 276 g/mol. The van der Waals surface area contributed by atoms with E-state index in [-0.39, 0.29) is 0 Å². The second-order valence-corrected chi connectivity index (χ2v) is 5.12. The van der Waals surface area contributed by atoms with E-state index in [9.17, 15) is 0 Å². The predicted molar refractivity (Wildman–Crippen MR) is 73.0 cm³/mol. The molecule has 96 valence electrons. The minimum atomic E-state index is 0.454. The van der Waals surface area contributed by atoms with Crippen molar-refractivity contribution in [1.82, 2.24) is 9.97 Å². The van der Waals surface area contributed by atoms with Gasteiger partial charge in [0, 0.05) is 19.2 Å². The van der Waals surface area contributed by atoms with E-state index in [4.69, 9.17) is 16.3 Å². The van der Waals surface area contributed by atoms with Crippen LogP contribution in [-0.4, -0.2) is 36.0 Å². The monoisotopic (exact) mass is 275 g/mol. The van der Waals surface area contributed by atoms with Crippen molar-refractivity contribution < 1.29 is 4.74 Å². The molecule has 0 saturated carbocycles. The van der Waals surface area contributed by atoms with Gasteiger partial charge in [-0.15, -0.1) is 0 Å². The first-order valence-electron chi connectivity index (χ1n) is 5.52. The van der Waals surface area contributed by atoms with Crippen LogP contribution in [0.1, 0.15) is 13.8 Å². The van der Waals surface area contributed by atoms with Gasteiger partial charge in [-0.2, -0.15) is 0 Å². The second kappa shape index (κ2) is 7.74. The fourth-order valence-electron chi connectivity index (χ4n) is 1.15. The van der Waals surface area contributed by atoms with Gasteiger partial charge in [0.05, 0.1) is 6.61 Å². The molecule has 0 aromatic carbocycles. The maximum absolute atomic E-state index is 5.87. The van der Waals surface area contributed by atoms with Gasteiger partial charge < -0.3 is 10.1 Å². The summed E-state index contributed by atoms with van der Waals surface area (Å²) in [6, 6.07) is 1.71. The van der Waals surface area contributed by atoms with Gasteiger partial charge in [-0.1, -0.05) is 37.2 Å². The number of halogens is 1. The van der Waals surface area contributed by atoms with Crippen LogP contribution in [-0.2, 0) is 4.74 Å². The number of nitrogens with one attached hydrogen (secondary N) is 1. The molecule has 0 aliphatic rings. The summed E-state index contributed by atoms with van der Waals surface area (Å²) in [6.07, 6.45) is 1.92. The van der Waals surface area contributed by atoms with Gasteiger partial charge >= 0.3 is 0 Å². The molecule has 1 rings (SSSR count). The van der Waals surface area contributed by atoms with Gasteiger partial charge in [-0.25, -0.2) is 9.97 Å². The van der Waals surface area contributed by atoms with Crippen molar-refractivity contribution in [2.45, 2.75) is 19.0 Å². The minimum Gasteiger partial charge on any atom is -0.379 e. The molecule has 0 aliphatic carbocycles. The SMILES string of the molecule is CSc1nc(Cl)cc(NCCOCC(C)C)n1. The Morgan fingerprint density at radius 3 is 2.88 bits per heavy atom. The molecule has 1 aromatic rings. The zero-order valence-electron chi connectivity index (χ0n) is 10.4. The lowest BCUT2D eigenvalue weighted by Crippen LogP contribution is -2.13. The first-order chi connectivity index (χ1) is 8.11. The van der Waals surface area contributed by atoms with E-state index in [2.05, 4.69) is 29.1 Å². The summed E-state index contributed by atoms with van der Waals surface area (Å²) in [5, 5.41) is 4.28. The maximum atomic E-state index is 5.87. The number of anilines is 1. The summed E-state index contributed by atoms with van der Waals surface area (Å²) in [4.78, 5) is 8.35. The van der Waals surface area contributed by atoms with Crippen LogP contribution in [0.15, 0.2) is 11.2 Å². The van der Waals surface area contributed by atoms with Gasteiger partial charge in [-0.05, 0) is 12.2 Å². The van der Waals surface area contributed by atoms with E-state index in [1.165, 1.54) is 11.8 Å². The van der Waals surface area contributed by atoms with Crippen LogP contribution in [0.25, 0.3) is 0 Å². The number of hydrogen-bond donors (Lipinski definition) is 1. The van der Waals surface area contributed by atoms with Crippen LogP contribution in [0, 0.1) is 5.92 Å². The Morgan fingerprint density at radius 1 is 1.47 bits per heavy atom. The van der Waals surface area contributed by atoms with E-state index in [1.807, 2.05) is 6.26 Å². The zero-order valence-corrected chi connectivity index (χ0v) is 11.9. The van der Waals surface area contributed by atoms with Crippen LogP contribution in [0.4, 0.5) is 5.82 Å². The zero-order chi connectivity index (χ0) is 12.7. The van der Waals surface area contributed by atoms with Crippen molar-refractivity contribution in [3.05, 3.63) is 11.2 Å². The molecule has 6 heteroatoms. The normalized spacial score (nSPS) is 10.9. The summed E-state index contributed by atoms with van der Waals surface area (Å²) in [6.45, 7) is 6.41. The molecule has 0 saturated heterocycles. The molecule has 17 heavy (non-hydrogen) atoms. The van der Waals surface area contributed by atoms with Crippen molar-refractivity contribution in [2.24, 2.45) is 5.92 Å². The minimum absolute atomic E-state index is 0.454. The fourth-order valence-corrected chi connectivity index (χ4v) is 1.76. The van der Waals surface area contributed by atoms with Crippen LogP contribution >= 0.6 is 23.4 Å². The van der Waals surface area contributed by atoms with Crippen molar-refractivity contribution in [3.63, 3.8) is 0 Å². The van der Waals surface area contributed by atoms with Crippen LogP contribution in [0.2, 0.25) is 5.15 Å². The maximum Gasteiger partial charge on any atom is 0.190 e. The van der Waals surface area contributed by atoms with Gasteiger partial charge in [0.1, 0.15) is 11.0 Å². The standard InChI is InChI=1S/C11H18ClN3OS/c1-8(2)7-16-5-4-13-10-6-9(12)14-11(15-10)17-3/h6,8H,4-5,7H2,1-3H3,(H,13,14,15). The number of nitrogens with zero attached hydrogens (tertiary/aromatic N) is 2. The molecule has 0 amide bonds. The molecule has 0 atom stereocenters. The number of rotatable bonds is 7. The lowest BCUT2D eigenvalue weighted by Gasteiger charge is -2.09. The highest BCUT2D eigenvalue weighted by atomic mass is 35.5. The number of thioether (sulfide) groups is 1. The highest BCUT2D eigenvalue weighted by Crippen LogP contribution is 2.16. The van der Waals surface area contributed by atoms with Gasteiger partial charge in [-0.3, -0.25) is 0 Å². The molecule has 1 heterocycles. The van der Waals surface area contributed by atoms with Crippen molar-refractivity contribution in [2.75, 3.05) is 31.3 Å². The predicted octanol–water partition coefficient (Wildman–Crippen LogP) is 2.94. The number of aromatic nitrogens is 2. The number of ether oxygens (including phenoxy) is 1. The van der Waals surface area contributed by atoms with Crippen LogP contribution in [0.3, 0.4) is 0 Å². The first kappa shape index (κ1) is 14.5. The summed E-state index contributed by atoms with van der Waals surface area (Å²) in [5.41, 5.74) is 0. The van der Waals surface area contributed by atoms with Gasteiger partial charge in [0.15, 0.2) is 5.16 Å². The smallest absolute Gasteiger partial charge is 0.190 e. The van der Waals surface area contributed by atoms with Crippen LogP contribution < -0.4 is 5.32 Å². The summed E-state index contributed by atoms with van der Waals surface area (Å²) in [7, 11) is 0. The Labute approximate surface area is 112 Å². The Bertz CT molecular complexity index is 349. The first-order valence-corrected chi connectivity index (χ1v) is 7.12. The lowest BCUT2D eigenvalue weighted by atomic mass is 10.2. The van der Waals surface area contributed by atoms with E-state index < -0.39 is 0 Å². The summed E-state index contributed by atoms with van der Waals surface area (Å²) >= 11 is 7.34. The Balaban J connectivity index is 2.33. The molecule has 0 spiro atoms. The summed E-state index contributed by atoms with van der Waals surface area (Å²) < 4.78 is 5.46. The largest absolute Gasteiger partial charge is 0.379 e. The molecule has 0 radical (unpaired) electrons. The molecule has 1 aromatic heterocycles. The third-order valence-corrected chi connectivity index (χ3v) is 2.60. The van der Waals surface area contributed by atoms with Crippen molar-refractivity contribution in [3.8, 4) is 0 Å². The Kier molecular flexibility index (Phi) is 6.62. The van der Waals surface area contributed by atoms with E-state index in [0.717, 1.165) is 12.4 Å². The number of hydrogen-bond acceptors (Lipinski definition) is 5. The van der Waals surface area contributed by atoms with Gasteiger partial charge in [0.2, 0.25) is 0 Å². The molecular formula is C11H18ClN3OS. The second-order valence-electron chi connectivity index (χ2n) is 3.96. The Hall–Kier alpha value is -0.520. The third-order valence-electron chi connectivity index (χ3n) is 1.86. The van der Waals surface area contributed by atoms with E-state index in [0.29, 0.717) is 29.4 Å². The highest BCUT2D eigenvalue weighted by molar-refractivity contribution is 7.98. The molecule has 0 fully saturated rings. The van der Waals surface area contributed by atoms with E-state index >= 15 is 0 Å². The molecule has 1 N–H and O–H groups in total. The molecule has 0 unspecified atom stereocenters. The quantitative estimate of drug-likeness (QED) is 0.359. The topological polar surface area (TPSA) is 47.0 Å². The summed E-state index contributed by atoms with van der Waals surface area (Å²) in [5.74, 6) is 1.30. The van der Waals surface area contributed by atoms with Gasteiger partial charge in [0.25, 0.3) is 0 Å².